The lowest BCUT2D eigenvalue weighted by Crippen LogP contribution is -2.43. The van der Waals surface area contributed by atoms with Gasteiger partial charge in [-0.2, -0.15) is 4.98 Å². The molecule has 2 N–H and O–H groups in total. The molecule has 0 bridgehead atoms. The molecule has 1 aliphatic heterocycles. The summed E-state index contributed by atoms with van der Waals surface area (Å²) < 4.78 is 5.01. The number of likely N-dealkylation sites (tertiary alicyclic amines) is 1. The number of hydrogen-bond donors (Lipinski definition) is 1. The molecule has 0 radical (unpaired) electrons. The minimum Gasteiger partial charge on any atom is -0.338 e. The van der Waals surface area contributed by atoms with Crippen molar-refractivity contribution in [3.05, 3.63) is 11.7 Å². The highest BCUT2D eigenvalue weighted by molar-refractivity contribution is 4.89. The third-order valence-corrected chi connectivity index (χ3v) is 3.38. The van der Waals surface area contributed by atoms with E-state index in [1.807, 2.05) is 0 Å². The van der Waals surface area contributed by atoms with E-state index in [9.17, 15) is 0 Å². The summed E-state index contributed by atoms with van der Waals surface area (Å²) in [4.78, 5) is 6.69. The lowest BCUT2D eigenvalue weighted by Gasteiger charge is -2.38. The van der Waals surface area contributed by atoms with E-state index in [4.69, 9.17) is 10.3 Å². The van der Waals surface area contributed by atoms with Crippen LogP contribution in [0.1, 0.15) is 44.8 Å². The van der Waals surface area contributed by atoms with Crippen molar-refractivity contribution in [1.29, 1.82) is 0 Å². The van der Waals surface area contributed by atoms with Gasteiger partial charge >= 0.3 is 0 Å². The van der Waals surface area contributed by atoms with Gasteiger partial charge in [-0.25, -0.2) is 0 Å². The highest BCUT2D eigenvalue weighted by Crippen LogP contribution is 2.23. The summed E-state index contributed by atoms with van der Waals surface area (Å²) in [6.45, 7) is 5.61. The molecular weight excluding hydrogens is 204 g/mol. The Morgan fingerprint density at radius 1 is 1.38 bits per heavy atom. The van der Waals surface area contributed by atoms with Crippen LogP contribution >= 0.6 is 0 Å². The van der Waals surface area contributed by atoms with Gasteiger partial charge in [0.25, 0.3) is 0 Å². The third kappa shape index (κ3) is 2.41. The first-order valence-electron chi connectivity index (χ1n) is 5.98. The van der Waals surface area contributed by atoms with Gasteiger partial charge in [0.1, 0.15) is 0 Å². The summed E-state index contributed by atoms with van der Waals surface area (Å²) in [7, 11) is 0. The maximum Gasteiger partial charge on any atom is 0.240 e. The molecule has 0 aromatic carbocycles. The van der Waals surface area contributed by atoms with Crippen LogP contribution < -0.4 is 5.73 Å². The first-order valence-corrected chi connectivity index (χ1v) is 5.98. The van der Waals surface area contributed by atoms with Crippen LogP contribution in [0.15, 0.2) is 4.52 Å². The summed E-state index contributed by atoms with van der Waals surface area (Å²) >= 11 is 0. The Bertz CT molecular complexity index is 328. The maximum atomic E-state index is 5.44. The van der Waals surface area contributed by atoms with Crippen LogP contribution in [0.5, 0.6) is 0 Å². The molecule has 90 valence electrons. The van der Waals surface area contributed by atoms with Gasteiger partial charge in [-0.05, 0) is 26.7 Å². The van der Waals surface area contributed by atoms with Gasteiger partial charge in [0, 0.05) is 12.1 Å². The molecule has 5 heteroatoms. The summed E-state index contributed by atoms with van der Waals surface area (Å²) in [5.41, 5.74) is 5.44. The Morgan fingerprint density at radius 3 is 2.62 bits per heavy atom. The second-order valence-corrected chi connectivity index (χ2v) is 4.61. The molecule has 2 atom stereocenters. The molecule has 0 aliphatic carbocycles. The van der Waals surface area contributed by atoms with Gasteiger partial charge in [0.05, 0.1) is 13.1 Å². The van der Waals surface area contributed by atoms with Crippen LogP contribution in [0.2, 0.25) is 0 Å². The average molecular weight is 224 g/mol. The van der Waals surface area contributed by atoms with Crippen molar-refractivity contribution in [3.8, 4) is 0 Å². The van der Waals surface area contributed by atoms with E-state index < -0.39 is 0 Å². The van der Waals surface area contributed by atoms with E-state index in [-0.39, 0.29) is 0 Å². The van der Waals surface area contributed by atoms with E-state index in [0.717, 1.165) is 12.4 Å². The second kappa shape index (κ2) is 4.93. The molecule has 16 heavy (non-hydrogen) atoms. The van der Waals surface area contributed by atoms with Crippen molar-refractivity contribution < 1.29 is 4.52 Å². The highest BCUT2D eigenvalue weighted by Gasteiger charge is 2.25. The smallest absolute Gasteiger partial charge is 0.240 e. The Morgan fingerprint density at radius 2 is 2.06 bits per heavy atom. The first kappa shape index (κ1) is 11.5. The lowest BCUT2D eigenvalue weighted by molar-refractivity contribution is 0.0913. The molecule has 1 aliphatic rings. The van der Waals surface area contributed by atoms with Crippen molar-refractivity contribution in [2.45, 2.75) is 58.3 Å². The van der Waals surface area contributed by atoms with Gasteiger partial charge in [-0.1, -0.05) is 11.6 Å². The largest absolute Gasteiger partial charge is 0.338 e. The Hall–Kier alpha value is -0.940. The van der Waals surface area contributed by atoms with Crippen molar-refractivity contribution in [3.63, 3.8) is 0 Å². The molecule has 0 spiro atoms. The van der Waals surface area contributed by atoms with Crippen molar-refractivity contribution in [1.82, 2.24) is 15.0 Å². The number of hydrogen-bond acceptors (Lipinski definition) is 5. The van der Waals surface area contributed by atoms with E-state index in [1.165, 1.54) is 19.3 Å². The fraction of sp³-hybridized carbons (Fsp3) is 0.818. The van der Waals surface area contributed by atoms with E-state index >= 15 is 0 Å². The molecule has 0 saturated carbocycles. The normalized spacial score (nSPS) is 27.2. The Labute approximate surface area is 96.0 Å². The van der Waals surface area contributed by atoms with Crippen LogP contribution in [0, 0.1) is 0 Å². The average Bonchev–Trinajstić information content (AvgIpc) is 2.71. The van der Waals surface area contributed by atoms with Crippen LogP contribution in [-0.2, 0) is 13.1 Å². The third-order valence-electron chi connectivity index (χ3n) is 3.38. The van der Waals surface area contributed by atoms with Crippen molar-refractivity contribution in [2.75, 3.05) is 0 Å². The molecular formula is C11H20N4O. The van der Waals surface area contributed by atoms with Crippen molar-refractivity contribution >= 4 is 0 Å². The van der Waals surface area contributed by atoms with Gasteiger partial charge in [-0.15, -0.1) is 0 Å². The molecule has 2 unspecified atom stereocenters. The SMILES string of the molecule is CC1CCCC(C)N1Cc1noc(CN)n1. The number of nitrogens with zero attached hydrogens (tertiary/aromatic N) is 3. The lowest BCUT2D eigenvalue weighted by atomic mass is 9.98. The molecule has 1 fully saturated rings. The molecule has 1 aromatic rings. The summed E-state index contributed by atoms with van der Waals surface area (Å²) in [5, 5.41) is 3.94. The number of aromatic nitrogens is 2. The molecule has 1 saturated heterocycles. The fourth-order valence-electron chi connectivity index (χ4n) is 2.39. The fourth-order valence-corrected chi connectivity index (χ4v) is 2.39. The summed E-state index contributed by atoms with van der Waals surface area (Å²) in [6, 6.07) is 1.20. The van der Waals surface area contributed by atoms with E-state index in [0.29, 0.717) is 24.5 Å². The Kier molecular flexibility index (Phi) is 3.56. The summed E-state index contributed by atoms with van der Waals surface area (Å²) in [5.74, 6) is 1.27. The number of piperidine rings is 1. The van der Waals surface area contributed by atoms with E-state index in [1.54, 1.807) is 0 Å². The van der Waals surface area contributed by atoms with Gasteiger partial charge in [0.15, 0.2) is 5.82 Å². The predicted molar refractivity (Wildman–Crippen MR) is 60.5 cm³/mol. The van der Waals surface area contributed by atoms with Gasteiger partial charge in [-0.3, -0.25) is 4.90 Å². The zero-order valence-corrected chi connectivity index (χ0v) is 10.0. The van der Waals surface area contributed by atoms with Crippen LogP contribution in [0.4, 0.5) is 0 Å². The summed E-state index contributed by atoms with van der Waals surface area (Å²) in [6.07, 6.45) is 3.83. The van der Waals surface area contributed by atoms with Gasteiger partial charge in [0.2, 0.25) is 5.89 Å². The molecule has 1 aromatic heterocycles. The zero-order valence-electron chi connectivity index (χ0n) is 10.0. The highest BCUT2D eigenvalue weighted by atomic mass is 16.5. The molecule has 2 heterocycles. The minimum absolute atomic E-state index is 0.318. The van der Waals surface area contributed by atoms with E-state index in [2.05, 4.69) is 28.9 Å². The van der Waals surface area contributed by atoms with Gasteiger partial charge < -0.3 is 10.3 Å². The monoisotopic (exact) mass is 224 g/mol. The molecule has 5 nitrogen and oxygen atoms in total. The zero-order chi connectivity index (χ0) is 11.5. The minimum atomic E-state index is 0.318. The topological polar surface area (TPSA) is 68.2 Å². The van der Waals surface area contributed by atoms with Crippen LogP contribution in [0.3, 0.4) is 0 Å². The molecule has 0 amide bonds. The van der Waals surface area contributed by atoms with Crippen LogP contribution in [0.25, 0.3) is 0 Å². The standard InChI is InChI=1S/C11H20N4O/c1-8-4-3-5-9(2)15(8)7-10-13-11(6-12)16-14-10/h8-9H,3-7,12H2,1-2H3. The number of nitrogens with two attached hydrogens (primary N) is 1. The quantitative estimate of drug-likeness (QED) is 0.838. The van der Waals surface area contributed by atoms with Crippen molar-refractivity contribution in [2.24, 2.45) is 5.73 Å². The second-order valence-electron chi connectivity index (χ2n) is 4.61. The maximum absolute atomic E-state index is 5.44. The predicted octanol–water partition coefficient (Wildman–Crippen LogP) is 1.29. The first-order chi connectivity index (χ1) is 7.70. The van der Waals surface area contributed by atoms with Crippen LogP contribution in [-0.4, -0.2) is 27.1 Å². The Balaban J connectivity index is 2.01. The molecule has 2 rings (SSSR count). The number of rotatable bonds is 3.